The van der Waals surface area contributed by atoms with Gasteiger partial charge in [-0.1, -0.05) is 6.07 Å². The molecule has 1 aromatic rings. The van der Waals surface area contributed by atoms with E-state index in [1.165, 1.54) is 0 Å². The molecule has 3 nitrogen and oxygen atoms in total. The highest BCUT2D eigenvalue weighted by molar-refractivity contribution is 9.13. The molecular formula is C11H9Br2NO2. The van der Waals surface area contributed by atoms with Gasteiger partial charge in [0.15, 0.2) is 0 Å². The smallest absolute Gasteiger partial charge is 0.310 e. The summed E-state index contributed by atoms with van der Waals surface area (Å²) in [5, 5.41) is 9.01. The minimum absolute atomic E-state index is 0.114. The van der Waals surface area contributed by atoms with E-state index in [0.717, 1.165) is 4.47 Å². The Bertz CT molecular complexity index is 452. The third-order valence-corrected chi connectivity index (χ3v) is 3.95. The van der Waals surface area contributed by atoms with Crippen LogP contribution < -0.4 is 0 Å². The molecule has 0 atom stereocenters. The van der Waals surface area contributed by atoms with Gasteiger partial charge in [-0.15, -0.1) is 0 Å². The van der Waals surface area contributed by atoms with Gasteiger partial charge < -0.3 is 4.74 Å². The van der Waals surface area contributed by atoms with Gasteiger partial charge in [0.1, 0.15) is 6.07 Å². The van der Waals surface area contributed by atoms with Crippen molar-refractivity contribution >= 4 is 37.8 Å². The molecule has 0 unspecified atom stereocenters. The zero-order valence-electron chi connectivity index (χ0n) is 8.59. The molecule has 0 fully saturated rings. The van der Waals surface area contributed by atoms with E-state index in [4.69, 9.17) is 10.00 Å². The molecule has 0 spiro atoms. The SMILES string of the molecule is CCOC(=O)Cc1ccc(Br)c(Br)c1C#N. The molecule has 1 rings (SSSR count). The van der Waals surface area contributed by atoms with E-state index >= 15 is 0 Å². The first-order valence-electron chi connectivity index (χ1n) is 4.62. The average Bonchev–Trinajstić information content (AvgIpc) is 2.24. The maximum absolute atomic E-state index is 11.3. The second kappa shape index (κ2) is 6.02. The van der Waals surface area contributed by atoms with E-state index in [1.807, 2.05) is 0 Å². The number of hydrogen-bond acceptors (Lipinski definition) is 3. The molecule has 0 aliphatic carbocycles. The van der Waals surface area contributed by atoms with Gasteiger partial charge in [0, 0.05) is 8.95 Å². The van der Waals surface area contributed by atoms with Crippen molar-refractivity contribution in [3.8, 4) is 6.07 Å². The van der Waals surface area contributed by atoms with Crippen molar-refractivity contribution in [1.29, 1.82) is 5.26 Å². The van der Waals surface area contributed by atoms with E-state index in [1.54, 1.807) is 19.1 Å². The largest absolute Gasteiger partial charge is 0.466 e. The summed E-state index contributed by atoms with van der Waals surface area (Å²) in [6.07, 6.45) is 0.114. The highest BCUT2D eigenvalue weighted by Gasteiger charge is 2.13. The summed E-state index contributed by atoms with van der Waals surface area (Å²) in [6, 6.07) is 5.60. The normalized spacial score (nSPS) is 9.62. The zero-order valence-corrected chi connectivity index (χ0v) is 11.8. The van der Waals surface area contributed by atoms with E-state index in [2.05, 4.69) is 37.9 Å². The molecule has 0 saturated heterocycles. The number of benzene rings is 1. The maximum Gasteiger partial charge on any atom is 0.310 e. The Labute approximate surface area is 111 Å². The van der Waals surface area contributed by atoms with Crippen LogP contribution in [0.15, 0.2) is 21.1 Å². The first-order valence-corrected chi connectivity index (χ1v) is 6.21. The van der Waals surface area contributed by atoms with Crippen molar-refractivity contribution in [3.05, 3.63) is 32.2 Å². The number of esters is 1. The van der Waals surface area contributed by atoms with E-state index < -0.39 is 0 Å². The Kier molecular flexibility index (Phi) is 4.97. The van der Waals surface area contributed by atoms with Crippen LogP contribution in [0.25, 0.3) is 0 Å². The summed E-state index contributed by atoms with van der Waals surface area (Å²) >= 11 is 6.60. The van der Waals surface area contributed by atoms with Crippen molar-refractivity contribution < 1.29 is 9.53 Å². The first kappa shape index (κ1) is 13.2. The Morgan fingerprint density at radius 1 is 1.50 bits per heavy atom. The van der Waals surface area contributed by atoms with Crippen molar-refractivity contribution in [2.45, 2.75) is 13.3 Å². The van der Waals surface area contributed by atoms with Gasteiger partial charge in [-0.25, -0.2) is 0 Å². The minimum atomic E-state index is -0.326. The predicted molar refractivity (Wildman–Crippen MR) is 66.9 cm³/mol. The molecule has 0 radical (unpaired) electrons. The summed E-state index contributed by atoms with van der Waals surface area (Å²) in [6.45, 7) is 2.10. The maximum atomic E-state index is 11.3. The Morgan fingerprint density at radius 2 is 2.19 bits per heavy atom. The molecule has 84 valence electrons. The molecule has 0 heterocycles. The summed E-state index contributed by atoms with van der Waals surface area (Å²) in [5.74, 6) is -0.326. The highest BCUT2D eigenvalue weighted by Crippen LogP contribution is 2.29. The van der Waals surface area contributed by atoms with Crippen molar-refractivity contribution in [2.75, 3.05) is 6.61 Å². The standard InChI is InChI=1S/C11H9Br2NO2/c1-2-16-10(15)5-7-3-4-9(12)11(13)8(7)6-14/h3-4H,2,5H2,1H3. The fourth-order valence-corrected chi connectivity index (χ4v) is 2.03. The van der Waals surface area contributed by atoms with Gasteiger partial charge in [0.05, 0.1) is 18.6 Å². The fraction of sp³-hybridized carbons (Fsp3) is 0.273. The van der Waals surface area contributed by atoms with E-state index in [9.17, 15) is 4.79 Å². The summed E-state index contributed by atoms with van der Waals surface area (Å²) in [5.41, 5.74) is 1.12. The molecule has 0 aliphatic heterocycles. The van der Waals surface area contributed by atoms with Crippen molar-refractivity contribution in [2.24, 2.45) is 0 Å². The van der Waals surface area contributed by atoms with E-state index in [0.29, 0.717) is 22.2 Å². The fourth-order valence-electron chi connectivity index (χ4n) is 1.23. The van der Waals surface area contributed by atoms with Crippen molar-refractivity contribution in [1.82, 2.24) is 0 Å². The Morgan fingerprint density at radius 3 is 2.75 bits per heavy atom. The molecular weight excluding hydrogens is 338 g/mol. The van der Waals surface area contributed by atoms with Gasteiger partial charge >= 0.3 is 5.97 Å². The van der Waals surface area contributed by atoms with Crippen LogP contribution in [0.1, 0.15) is 18.1 Å². The third-order valence-electron chi connectivity index (χ3n) is 1.93. The lowest BCUT2D eigenvalue weighted by Gasteiger charge is -2.06. The minimum Gasteiger partial charge on any atom is -0.466 e. The number of rotatable bonds is 3. The zero-order chi connectivity index (χ0) is 12.1. The summed E-state index contributed by atoms with van der Waals surface area (Å²) < 4.78 is 6.29. The van der Waals surface area contributed by atoms with Crippen LogP contribution in [0.2, 0.25) is 0 Å². The van der Waals surface area contributed by atoms with Crippen LogP contribution in [-0.4, -0.2) is 12.6 Å². The highest BCUT2D eigenvalue weighted by atomic mass is 79.9. The van der Waals surface area contributed by atoms with Gasteiger partial charge in [-0.2, -0.15) is 5.26 Å². The molecule has 0 bridgehead atoms. The quantitative estimate of drug-likeness (QED) is 0.790. The average molecular weight is 347 g/mol. The molecule has 16 heavy (non-hydrogen) atoms. The van der Waals surface area contributed by atoms with Crippen LogP contribution >= 0.6 is 31.9 Å². The van der Waals surface area contributed by atoms with Gasteiger partial charge in [0.2, 0.25) is 0 Å². The van der Waals surface area contributed by atoms with Gasteiger partial charge in [-0.05, 0) is 50.4 Å². The van der Waals surface area contributed by atoms with Crippen LogP contribution in [0, 0.1) is 11.3 Å². The van der Waals surface area contributed by atoms with Crippen LogP contribution in [0.5, 0.6) is 0 Å². The molecule has 0 aliphatic rings. The lowest BCUT2D eigenvalue weighted by atomic mass is 10.1. The predicted octanol–water partition coefficient (Wildman–Crippen LogP) is 3.19. The number of nitrogens with zero attached hydrogens (tertiary/aromatic N) is 1. The van der Waals surface area contributed by atoms with E-state index in [-0.39, 0.29) is 12.4 Å². The Hall–Kier alpha value is -0.860. The lowest BCUT2D eigenvalue weighted by molar-refractivity contribution is -0.142. The Balaban J connectivity index is 3.02. The monoisotopic (exact) mass is 345 g/mol. The van der Waals surface area contributed by atoms with Crippen LogP contribution in [-0.2, 0) is 16.0 Å². The lowest BCUT2D eigenvalue weighted by Crippen LogP contribution is -2.08. The molecule has 0 N–H and O–H groups in total. The first-order chi connectivity index (χ1) is 7.60. The van der Waals surface area contributed by atoms with Crippen molar-refractivity contribution in [3.63, 3.8) is 0 Å². The third kappa shape index (κ3) is 3.06. The summed E-state index contributed by atoms with van der Waals surface area (Å²) in [7, 11) is 0. The van der Waals surface area contributed by atoms with Crippen LogP contribution in [0.3, 0.4) is 0 Å². The van der Waals surface area contributed by atoms with Gasteiger partial charge in [0.25, 0.3) is 0 Å². The molecule has 0 aromatic heterocycles. The number of hydrogen-bond donors (Lipinski definition) is 0. The second-order valence-corrected chi connectivity index (χ2v) is 4.64. The molecule has 1 aromatic carbocycles. The number of nitriles is 1. The second-order valence-electron chi connectivity index (χ2n) is 2.99. The van der Waals surface area contributed by atoms with Gasteiger partial charge in [-0.3, -0.25) is 4.79 Å². The molecule has 0 saturated carbocycles. The topological polar surface area (TPSA) is 50.1 Å². The number of carbonyl (C=O) groups is 1. The molecule has 0 amide bonds. The van der Waals surface area contributed by atoms with Crippen LogP contribution in [0.4, 0.5) is 0 Å². The summed E-state index contributed by atoms with van der Waals surface area (Å²) in [4.78, 5) is 11.3. The molecule has 5 heteroatoms. The number of halogens is 2. The number of carbonyl (C=O) groups excluding carboxylic acids is 1. The number of ether oxygens (including phenoxy) is 1.